The number of nitrogens with one attached hydrogen (secondary N) is 1. The number of rotatable bonds is 9. The molecule has 182 valence electrons. The molecule has 2 saturated carbocycles. The Bertz CT molecular complexity index is 908. The standard InChI is InChI=1S/C26H36N6OS/c1-27-15-24(34-23-7-8-23)16-28-20-30-9-11-32(12-10-30)25(33)29-22-13-26(14-22)18-31(19-26)17-21-5-3-2-4-6-21/h2-6,15-16,22-23H,1,7-14,17-20H2,(H,29,33)/b24-15+,28-16-. The minimum absolute atomic E-state index is 0.103. The SMILES string of the molecule is C=N/C=C(\C=N/CN1CCN(C(=O)NC2CC3(C2)CN(Cc2ccccc2)C3)CC1)SC1CC1. The fourth-order valence-electron chi connectivity index (χ4n) is 5.37. The first kappa shape index (κ1) is 23.6. The van der Waals surface area contributed by atoms with Gasteiger partial charge in [0, 0.05) is 74.4 Å². The van der Waals surface area contributed by atoms with Gasteiger partial charge in [-0.1, -0.05) is 30.3 Å². The zero-order valence-corrected chi connectivity index (χ0v) is 20.8. The lowest BCUT2D eigenvalue weighted by Crippen LogP contribution is -2.67. The van der Waals surface area contributed by atoms with Crippen LogP contribution in [0.3, 0.4) is 0 Å². The fraction of sp³-hybridized carbons (Fsp3) is 0.577. The molecule has 2 heterocycles. The Balaban J connectivity index is 0.967. The molecule has 1 aromatic carbocycles. The zero-order chi connectivity index (χ0) is 23.4. The van der Waals surface area contributed by atoms with Crippen LogP contribution in [0.2, 0.25) is 0 Å². The molecule has 5 rings (SSSR count). The van der Waals surface area contributed by atoms with E-state index in [4.69, 9.17) is 0 Å². The maximum atomic E-state index is 12.7. The van der Waals surface area contributed by atoms with Gasteiger partial charge in [0.05, 0.1) is 6.67 Å². The van der Waals surface area contributed by atoms with Crippen LogP contribution in [-0.4, -0.2) is 90.9 Å². The minimum atomic E-state index is 0.103. The molecule has 2 saturated heterocycles. The lowest BCUT2D eigenvalue weighted by atomic mass is 9.60. The lowest BCUT2D eigenvalue weighted by Gasteiger charge is -2.59. The second kappa shape index (κ2) is 10.6. The molecule has 7 nitrogen and oxygen atoms in total. The number of allylic oxidation sites excluding steroid dienone is 1. The Morgan fingerprint density at radius 1 is 1.12 bits per heavy atom. The van der Waals surface area contributed by atoms with Crippen molar-refractivity contribution in [3.63, 3.8) is 0 Å². The Hall–Kier alpha value is -2.16. The molecule has 0 radical (unpaired) electrons. The van der Waals surface area contributed by atoms with Crippen molar-refractivity contribution in [2.75, 3.05) is 45.9 Å². The molecule has 4 fully saturated rings. The predicted octanol–water partition coefficient (Wildman–Crippen LogP) is 3.44. The van der Waals surface area contributed by atoms with Gasteiger partial charge in [0.2, 0.25) is 0 Å². The average Bonchev–Trinajstić information content (AvgIpc) is 3.61. The van der Waals surface area contributed by atoms with Crippen LogP contribution >= 0.6 is 11.8 Å². The number of piperazine rings is 1. The number of benzene rings is 1. The van der Waals surface area contributed by atoms with Crippen molar-refractivity contribution < 1.29 is 4.79 Å². The highest BCUT2D eigenvalue weighted by Crippen LogP contribution is 2.48. The second-order valence-corrected chi connectivity index (χ2v) is 11.6. The summed E-state index contributed by atoms with van der Waals surface area (Å²) in [6.45, 7) is 10.8. The van der Waals surface area contributed by atoms with Crippen LogP contribution in [0.15, 0.2) is 51.4 Å². The highest BCUT2D eigenvalue weighted by Gasteiger charge is 2.52. The van der Waals surface area contributed by atoms with E-state index in [1.807, 2.05) is 22.9 Å². The zero-order valence-electron chi connectivity index (χ0n) is 19.9. The van der Waals surface area contributed by atoms with Crippen LogP contribution in [0.4, 0.5) is 4.79 Å². The number of aliphatic imine (C=N–C) groups is 2. The van der Waals surface area contributed by atoms with Crippen molar-refractivity contribution >= 4 is 30.7 Å². The average molecular weight is 481 g/mol. The van der Waals surface area contributed by atoms with E-state index in [0.29, 0.717) is 18.1 Å². The Morgan fingerprint density at radius 3 is 2.53 bits per heavy atom. The van der Waals surface area contributed by atoms with E-state index in [1.165, 1.54) is 18.4 Å². The van der Waals surface area contributed by atoms with Crippen molar-refractivity contribution in [1.82, 2.24) is 20.0 Å². The van der Waals surface area contributed by atoms with E-state index in [0.717, 1.165) is 68.8 Å². The number of likely N-dealkylation sites (tertiary alicyclic amines) is 1. The van der Waals surface area contributed by atoms with Gasteiger partial charge in [-0.25, -0.2) is 4.79 Å². The molecule has 2 aliphatic carbocycles. The molecule has 8 heteroatoms. The smallest absolute Gasteiger partial charge is 0.317 e. The molecule has 0 atom stereocenters. The van der Waals surface area contributed by atoms with Gasteiger partial charge >= 0.3 is 6.03 Å². The van der Waals surface area contributed by atoms with Crippen LogP contribution in [-0.2, 0) is 6.54 Å². The molecule has 0 unspecified atom stereocenters. The summed E-state index contributed by atoms with van der Waals surface area (Å²) in [5, 5.41) is 4.01. The van der Waals surface area contributed by atoms with Crippen molar-refractivity contribution in [3.8, 4) is 0 Å². The van der Waals surface area contributed by atoms with Gasteiger partial charge in [0.15, 0.2) is 0 Å². The second-order valence-electron chi connectivity index (χ2n) is 10.3. The maximum Gasteiger partial charge on any atom is 0.317 e. The van der Waals surface area contributed by atoms with Gasteiger partial charge in [0.1, 0.15) is 0 Å². The summed E-state index contributed by atoms with van der Waals surface area (Å²) in [6, 6.07) is 11.1. The summed E-state index contributed by atoms with van der Waals surface area (Å²) in [5.41, 5.74) is 1.82. The Kier molecular flexibility index (Phi) is 7.37. The largest absolute Gasteiger partial charge is 0.335 e. The summed E-state index contributed by atoms with van der Waals surface area (Å²) in [7, 11) is 0. The highest BCUT2D eigenvalue weighted by molar-refractivity contribution is 8.04. The third-order valence-corrected chi connectivity index (χ3v) is 8.55. The number of carbonyl (C=O) groups is 1. The molecule has 2 amide bonds. The van der Waals surface area contributed by atoms with E-state index in [2.05, 4.69) is 62.2 Å². The van der Waals surface area contributed by atoms with E-state index < -0.39 is 0 Å². The van der Waals surface area contributed by atoms with Crippen molar-refractivity contribution in [2.45, 2.75) is 43.5 Å². The molecular weight excluding hydrogens is 444 g/mol. The van der Waals surface area contributed by atoms with Gasteiger partial charge in [0.25, 0.3) is 0 Å². The van der Waals surface area contributed by atoms with Gasteiger partial charge in [-0.3, -0.25) is 19.8 Å². The molecule has 1 N–H and O–H groups in total. The monoisotopic (exact) mass is 480 g/mol. The summed E-state index contributed by atoms with van der Waals surface area (Å²) in [5.74, 6) is 0. The molecule has 1 aromatic rings. The van der Waals surface area contributed by atoms with Crippen LogP contribution in [0.25, 0.3) is 0 Å². The molecule has 0 aromatic heterocycles. The van der Waals surface area contributed by atoms with E-state index in [9.17, 15) is 4.79 Å². The predicted molar refractivity (Wildman–Crippen MR) is 140 cm³/mol. The summed E-state index contributed by atoms with van der Waals surface area (Å²) >= 11 is 1.84. The van der Waals surface area contributed by atoms with Crippen molar-refractivity contribution in [1.29, 1.82) is 0 Å². The number of thioether (sulfide) groups is 1. The summed E-state index contributed by atoms with van der Waals surface area (Å²) in [6.07, 6.45) is 8.52. The third-order valence-electron chi connectivity index (χ3n) is 7.26. The van der Waals surface area contributed by atoms with Crippen LogP contribution in [0.5, 0.6) is 0 Å². The van der Waals surface area contributed by atoms with Crippen LogP contribution < -0.4 is 5.32 Å². The summed E-state index contributed by atoms with van der Waals surface area (Å²) < 4.78 is 0. The fourth-order valence-corrected chi connectivity index (χ4v) is 6.40. The number of hydrogen-bond acceptors (Lipinski definition) is 6. The first-order valence-corrected chi connectivity index (χ1v) is 13.4. The van der Waals surface area contributed by atoms with E-state index in [-0.39, 0.29) is 6.03 Å². The van der Waals surface area contributed by atoms with Crippen LogP contribution in [0, 0.1) is 5.41 Å². The maximum absolute atomic E-state index is 12.7. The molecule has 1 spiro atoms. The molecule has 0 bridgehead atoms. The highest BCUT2D eigenvalue weighted by atomic mass is 32.2. The van der Waals surface area contributed by atoms with E-state index in [1.54, 1.807) is 6.20 Å². The Labute approximate surface area is 207 Å². The van der Waals surface area contributed by atoms with Gasteiger partial charge < -0.3 is 10.2 Å². The quantitative estimate of drug-likeness (QED) is 0.550. The number of nitrogens with zero attached hydrogens (tertiary/aromatic N) is 5. The van der Waals surface area contributed by atoms with E-state index >= 15 is 0 Å². The first-order valence-electron chi connectivity index (χ1n) is 12.5. The van der Waals surface area contributed by atoms with Gasteiger partial charge in [-0.15, -0.1) is 11.8 Å². The number of amides is 2. The number of urea groups is 1. The first-order chi connectivity index (χ1) is 16.6. The van der Waals surface area contributed by atoms with Crippen LogP contribution in [0.1, 0.15) is 31.2 Å². The van der Waals surface area contributed by atoms with Crippen molar-refractivity contribution in [2.24, 2.45) is 15.4 Å². The topological polar surface area (TPSA) is 63.5 Å². The molecular formula is C26H36N6OS. The number of hydrogen-bond donors (Lipinski definition) is 1. The molecule has 34 heavy (non-hydrogen) atoms. The third kappa shape index (κ3) is 6.09. The Morgan fingerprint density at radius 2 is 1.85 bits per heavy atom. The summed E-state index contributed by atoms with van der Waals surface area (Å²) in [4.78, 5) is 29.1. The lowest BCUT2D eigenvalue weighted by molar-refractivity contribution is -0.0810. The van der Waals surface area contributed by atoms with Crippen molar-refractivity contribution in [3.05, 3.63) is 47.0 Å². The number of carbonyl (C=O) groups excluding carboxylic acids is 1. The molecule has 2 aliphatic heterocycles. The van der Waals surface area contributed by atoms with Gasteiger partial charge in [-0.05, 0) is 43.4 Å². The minimum Gasteiger partial charge on any atom is -0.335 e. The normalized spacial score (nSPS) is 23.6. The van der Waals surface area contributed by atoms with Gasteiger partial charge in [-0.2, -0.15) is 0 Å². The molecule has 4 aliphatic rings.